The molecule has 0 bridgehead atoms. The summed E-state index contributed by atoms with van der Waals surface area (Å²) in [5.74, 6) is 0. The fourth-order valence-corrected chi connectivity index (χ4v) is 0.949. The van der Waals surface area contributed by atoms with E-state index in [2.05, 4.69) is 15.0 Å². The smallest absolute Gasteiger partial charge is 0.286 e. The van der Waals surface area contributed by atoms with Gasteiger partial charge in [-0.3, -0.25) is 4.79 Å². The van der Waals surface area contributed by atoms with E-state index >= 15 is 0 Å². The quantitative estimate of drug-likeness (QED) is 0.559. The van der Waals surface area contributed by atoms with Crippen LogP contribution in [0.2, 0.25) is 0 Å². The Morgan fingerprint density at radius 2 is 2.45 bits per heavy atom. The molecule has 2 aromatic heterocycles. The van der Waals surface area contributed by atoms with Crippen molar-refractivity contribution in [2.24, 2.45) is 0 Å². The van der Waals surface area contributed by atoms with Gasteiger partial charge in [-0.25, -0.2) is 4.98 Å². The number of hydrogen-bond acceptors (Lipinski definition) is 2. The molecule has 4 heteroatoms. The van der Waals surface area contributed by atoms with E-state index in [1.807, 2.05) is 0 Å². The molecule has 2 aromatic rings. The van der Waals surface area contributed by atoms with E-state index in [1.54, 1.807) is 12.4 Å². The summed E-state index contributed by atoms with van der Waals surface area (Å²) in [6.07, 6.45) is 4.73. The maximum absolute atomic E-state index is 11.1. The molecule has 0 unspecified atom stereocenters. The van der Waals surface area contributed by atoms with Crippen molar-refractivity contribution in [2.45, 2.75) is 0 Å². The molecule has 0 amide bonds. The van der Waals surface area contributed by atoms with E-state index < -0.39 is 0 Å². The summed E-state index contributed by atoms with van der Waals surface area (Å²) < 4.78 is 0. The highest BCUT2D eigenvalue weighted by Gasteiger charge is 2.01. The molecule has 2 heterocycles. The lowest BCUT2D eigenvalue weighted by Crippen LogP contribution is -2.08. The number of rotatable bonds is 0. The maximum atomic E-state index is 11.1. The van der Waals surface area contributed by atoms with Crippen LogP contribution in [-0.4, -0.2) is 9.97 Å². The van der Waals surface area contributed by atoms with E-state index in [0.717, 1.165) is 0 Å². The number of nitrogens with zero attached hydrogens (tertiary/aromatic N) is 1. The minimum Gasteiger partial charge on any atom is -0.325 e. The second-order valence-electron chi connectivity index (χ2n) is 2.17. The fourth-order valence-electron chi connectivity index (χ4n) is 0.949. The summed E-state index contributed by atoms with van der Waals surface area (Å²) in [5.41, 5.74) is 0.583. The Bertz CT molecular complexity index is 429. The van der Waals surface area contributed by atoms with Crippen LogP contribution in [0.3, 0.4) is 0 Å². The second kappa shape index (κ2) is 2.16. The van der Waals surface area contributed by atoms with Gasteiger partial charge in [0.2, 0.25) is 0 Å². The molecule has 0 saturated carbocycles. The molecule has 0 aromatic carbocycles. The fraction of sp³-hybridized carbons (Fsp3) is 0. The minimum absolute atomic E-state index is 0.0249. The van der Waals surface area contributed by atoms with Crippen LogP contribution >= 0.6 is 0 Å². The average molecular weight is 148 g/mol. The van der Waals surface area contributed by atoms with Crippen molar-refractivity contribution in [3.63, 3.8) is 0 Å². The molecule has 0 radical (unpaired) electrons. The van der Waals surface area contributed by atoms with E-state index in [4.69, 9.17) is 0 Å². The first-order valence-electron chi connectivity index (χ1n) is 3.21. The molecule has 54 valence electrons. The van der Waals surface area contributed by atoms with E-state index in [-0.39, 0.29) is 5.43 Å². The molecular formula is C7H6N3O+. The molecule has 0 aliphatic rings. The zero-order valence-electron chi connectivity index (χ0n) is 5.66. The summed E-state index contributed by atoms with van der Waals surface area (Å²) in [4.78, 5) is 20.6. The lowest BCUT2D eigenvalue weighted by Gasteiger charge is -1.85. The Balaban J connectivity index is 3.03. The lowest BCUT2D eigenvalue weighted by atomic mass is 10.3. The number of aromatic nitrogens is 3. The van der Waals surface area contributed by atoms with Crippen molar-refractivity contribution in [1.29, 1.82) is 0 Å². The predicted molar refractivity (Wildman–Crippen MR) is 38.9 cm³/mol. The van der Waals surface area contributed by atoms with Crippen LogP contribution in [0, 0.1) is 0 Å². The lowest BCUT2D eigenvalue weighted by molar-refractivity contribution is -0.380. The topological polar surface area (TPSA) is 59.9 Å². The van der Waals surface area contributed by atoms with E-state index in [9.17, 15) is 4.79 Å². The van der Waals surface area contributed by atoms with Crippen molar-refractivity contribution in [2.75, 3.05) is 0 Å². The third-order valence-corrected chi connectivity index (χ3v) is 1.47. The van der Waals surface area contributed by atoms with Crippen molar-refractivity contribution in [1.82, 2.24) is 9.97 Å². The van der Waals surface area contributed by atoms with Crippen molar-refractivity contribution in [3.8, 4) is 0 Å². The summed E-state index contributed by atoms with van der Waals surface area (Å²) >= 11 is 0. The second-order valence-corrected chi connectivity index (χ2v) is 2.17. The summed E-state index contributed by atoms with van der Waals surface area (Å²) in [6, 6.07) is 1.47. The predicted octanol–water partition coefficient (Wildman–Crippen LogP) is -0.263. The Labute approximate surface area is 61.9 Å². The van der Waals surface area contributed by atoms with Crippen LogP contribution in [0.15, 0.2) is 29.6 Å². The molecule has 2 N–H and O–H groups in total. The van der Waals surface area contributed by atoms with Gasteiger partial charge in [0.25, 0.3) is 12.0 Å². The molecule has 0 atom stereocenters. The summed E-state index contributed by atoms with van der Waals surface area (Å²) in [6.45, 7) is 0. The van der Waals surface area contributed by atoms with Gasteiger partial charge in [-0.15, -0.1) is 0 Å². The molecule has 0 spiro atoms. The zero-order chi connectivity index (χ0) is 7.68. The van der Waals surface area contributed by atoms with Crippen LogP contribution < -0.4 is 10.4 Å². The largest absolute Gasteiger partial charge is 0.325 e. The summed E-state index contributed by atoms with van der Waals surface area (Å²) in [5, 5.41) is 0.579. The average Bonchev–Trinajstić information content (AvgIpc) is 2.06. The number of nitrogens with one attached hydrogen (secondary N) is 2. The molecular weight excluding hydrogens is 142 g/mol. The number of pyridine rings is 1. The highest BCUT2D eigenvalue weighted by molar-refractivity contribution is 5.71. The molecule has 2 rings (SSSR count). The van der Waals surface area contributed by atoms with E-state index in [0.29, 0.717) is 11.0 Å². The van der Waals surface area contributed by atoms with Crippen molar-refractivity contribution >= 4 is 11.0 Å². The SMILES string of the molecule is O=c1cc[nH]c2nc[nH+]cc12. The van der Waals surface area contributed by atoms with Gasteiger partial charge in [0.05, 0.1) is 0 Å². The van der Waals surface area contributed by atoms with Gasteiger partial charge >= 0.3 is 0 Å². The first kappa shape index (κ1) is 6.03. The number of aromatic amines is 2. The molecule has 0 saturated heterocycles. The van der Waals surface area contributed by atoms with Crippen LogP contribution in [0.5, 0.6) is 0 Å². The molecule has 11 heavy (non-hydrogen) atoms. The van der Waals surface area contributed by atoms with Gasteiger partial charge in [0.1, 0.15) is 11.6 Å². The van der Waals surface area contributed by atoms with Crippen molar-refractivity contribution < 1.29 is 4.98 Å². The van der Waals surface area contributed by atoms with Crippen LogP contribution in [0.1, 0.15) is 0 Å². The van der Waals surface area contributed by atoms with Gasteiger partial charge in [-0.1, -0.05) is 0 Å². The molecule has 0 aliphatic heterocycles. The van der Waals surface area contributed by atoms with Crippen LogP contribution in [-0.2, 0) is 0 Å². The van der Waals surface area contributed by atoms with Gasteiger partial charge in [-0.2, -0.15) is 0 Å². The monoisotopic (exact) mass is 148 g/mol. The maximum Gasteiger partial charge on any atom is 0.286 e. The highest BCUT2D eigenvalue weighted by atomic mass is 16.1. The summed E-state index contributed by atoms with van der Waals surface area (Å²) in [7, 11) is 0. The van der Waals surface area contributed by atoms with E-state index in [1.165, 1.54) is 12.4 Å². The first-order chi connectivity index (χ1) is 5.38. The number of hydrogen-bond donors (Lipinski definition) is 1. The Morgan fingerprint density at radius 1 is 1.55 bits per heavy atom. The van der Waals surface area contributed by atoms with Gasteiger partial charge in [0.15, 0.2) is 5.43 Å². The molecule has 0 aliphatic carbocycles. The number of fused-ring (bicyclic) bond motifs is 1. The van der Waals surface area contributed by atoms with Crippen LogP contribution in [0.4, 0.5) is 0 Å². The van der Waals surface area contributed by atoms with Gasteiger partial charge in [0, 0.05) is 12.3 Å². The number of H-pyrrole nitrogens is 2. The molecule has 0 fully saturated rings. The Kier molecular flexibility index (Phi) is 1.18. The third kappa shape index (κ3) is 0.881. The minimum atomic E-state index is -0.0249. The normalized spacial score (nSPS) is 10.2. The van der Waals surface area contributed by atoms with Gasteiger partial charge < -0.3 is 4.98 Å². The highest BCUT2D eigenvalue weighted by Crippen LogP contribution is 1.94. The first-order valence-corrected chi connectivity index (χ1v) is 3.21. The Morgan fingerprint density at radius 3 is 3.27 bits per heavy atom. The zero-order valence-corrected chi connectivity index (χ0v) is 5.66. The van der Waals surface area contributed by atoms with Crippen LogP contribution in [0.25, 0.3) is 11.0 Å². The third-order valence-electron chi connectivity index (χ3n) is 1.47. The van der Waals surface area contributed by atoms with Gasteiger partial charge in [-0.05, 0) is 4.98 Å². The van der Waals surface area contributed by atoms with Crippen molar-refractivity contribution in [3.05, 3.63) is 35.0 Å². The molecule has 4 nitrogen and oxygen atoms in total. The standard InChI is InChI=1S/C7H5N3O/c11-6-1-2-9-7-5(6)3-8-4-10-7/h1-4H,(H,8,9,10,11)/p+1. The Hall–Kier alpha value is -1.71.